The van der Waals surface area contributed by atoms with Gasteiger partial charge in [-0.25, -0.2) is 0 Å². The fourth-order valence-corrected chi connectivity index (χ4v) is 1.68. The molecule has 0 spiro atoms. The molecule has 1 fully saturated rings. The van der Waals surface area contributed by atoms with E-state index < -0.39 is 0 Å². The second-order valence-electron chi connectivity index (χ2n) is 3.85. The Kier molecular flexibility index (Phi) is 1.99. The Morgan fingerprint density at radius 1 is 1.60 bits per heavy atom. The smallest absolute Gasteiger partial charge is 0.0948 e. The zero-order chi connectivity index (χ0) is 7.78. The van der Waals surface area contributed by atoms with Crippen LogP contribution in [0.3, 0.4) is 0 Å². The summed E-state index contributed by atoms with van der Waals surface area (Å²) in [6.45, 7) is 7.57. The van der Waals surface area contributed by atoms with E-state index in [0.717, 1.165) is 0 Å². The van der Waals surface area contributed by atoms with Crippen LogP contribution in [0.2, 0.25) is 0 Å². The van der Waals surface area contributed by atoms with Crippen LogP contribution >= 0.6 is 0 Å². The summed E-state index contributed by atoms with van der Waals surface area (Å²) in [4.78, 5) is 0. The predicted octanol–water partition coefficient (Wildman–Crippen LogP) is -0.861. The molecular formula is C7H16N2O. The highest BCUT2D eigenvalue weighted by molar-refractivity contribution is 4.82. The van der Waals surface area contributed by atoms with Crippen molar-refractivity contribution in [2.45, 2.75) is 32.4 Å². The van der Waals surface area contributed by atoms with Gasteiger partial charge in [-0.1, -0.05) is 0 Å². The molecule has 0 aromatic rings. The Bertz CT molecular complexity index is 113. The summed E-state index contributed by atoms with van der Waals surface area (Å²) in [7, 11) is 0. The lowest BCUT2D eigenvalue weighted by Gasteiger charge is -2.41. The summed E-state index contributed by atoms with van der Waals surface area (Å²) in [5.74, 6) is 0. The van der Waals surface area contributed by atoms with E-state index in [-0.39, 0.29) is 5.54 Å². The van der Waals surface area contributed by atoms with E-state index in [9.17, 15) is 5.21 Å². The molecule has 1 aliphatic heterocycles. The standard InChI is InChI=1S/C7H16N2O/c1-6-4-9(10)5-7(2,3)8-6/h6,8-9H,4-5H2,1-3H3. The van der Waals surface area contributed by atoms with Crippen LogP contribution in [0, 0.1) is 5.21 Å². The molecule has 1 aliphatic rings. The Labute approximate surface area is 62.0 Å². The van der Waals surface area contributed by atoms with E-state index in [0.29, 0.717) is 24.2 Å². The van der Waals surface area contributed by atoms with Gasteiger partial charge in [0.2, 0.25) is 0 Å². The Morgan fingerprint density at radius 3 is 2.60 bits per heavy atom. The molecule has 3 heteroatoms. The van der Waals surface area contributed by atoms with Crippen molar-refractivity contribution in [3.8, 4) is 0 Å². The quantitative estimate of drug-likeness (QED) is 0.434. The molecule has 2 unspecified atom stereocenters. The van der Waals surface area contributed by atoms with Crippen LogP contribution < -0.4 is 10.4 Å². The molecule has 1 saturated heterocycles. The maximum atomic E-state index is 11.0. The first-order valence-corrected chi connectivity index (χ1v) is 3.79. The average molecular weight is 144 g/mol. The van der Waals surface area contributed by atoms with Crippen LogP contribution in [0.5, 0.6) is 0 Å². The van der Waals surface area contributed by atoms with E-state index in [1.165, 1.54) is 0 Å². The molecule has 0 saturated carbocycles. The van der Waals surface area contributed by atoms with Gasteiger partial charge in [-0.2, -0.15) is 0 Å². The Hall–Kier alpha value is -0.120. The number of piperazine rings is 1. The first-order chi connectivity index (χ1) is 4.49. The number of quaternary nitrogens is 1. The molecule has 2 atom stereocenters. The average Bonchev–Trinajstić information content (AvgIpc) is 1.54. The molecular weight excluding hydrogens is 128 g/mol. The van der Waals surface area contributed by atoms with Gasteiger partial charge in [0.05, 0.1) is 24.7 Å². The minimum absolute atomic E-state index is 0.0226. The van der Waals surface area contributed by atoms with Crippen molar-refractivity contribution >= 4 is 0 Å². The number of hydroxylamine groups is 2. The minimum Gasteiger partial charge on any atom is -0.634 e. The second-order valence-corrected chi connectivity index (χ2v) is 3.85. The van der Waals surface area contributed by atoms with Crippen molar-refractivity contribution in [2.75, 3.05) is 13.1 Å². The third-order valence-electron chi connectivity index (χ3n) is 1.81. The van der Waals surface area contributed by atoms with Crippen LogP contribution in [-0.4, -0.2) is 24.7 Å². The molecule has 0 aliphatic carbocycles. The van der Waals surface area contributed by atoms with Gasteiger partial charge in [0.25, 0.3) is 0 Å². The maximum absolute atomic E-state index is 11.0. The molecule has 0 radical (unpaired) electrons. The molecule has 0 amide bonds. The van der Waals surface area contributed by atoms with Crippen molar-refractivity contribution in [3.05, 3.63) is 5.21 Å². The zero-order valence-electron chi connectivity index (χ0n) is 6.90. The van der Waals surface area contributed by atoms with Gasteiger partial charge in [0.1, 0.15) is 0 Å². The van der Waals surface area contributed by atoms with Crippen molar-refractivity contribution in [3.63, 3.8) is 0 Å². The van der Waals surface area contributed by atoms with Gasteiger partial charge in [-0.05, 0) is 20.8 Å². The molecule has 3 nitrogen and oxygen atoms in total. The number of hydrogen-bond donors (Lipinski definition) is 2. The highest BCUT2D eigenvalue weighted by atomic mass is 16.5. The van der Waals surface area contributed by atoms with Crippen molar-refractivity contribution < 1.29 is 5.06 Å². The molecule has 10 heavy (non-hydrogen) atoms. The van der Waals surface area contributed by atoms with Gasteiger partial charge in [-0.3, -0.25) is 5.32 Å². The van der Waals surface area contributed by atoms with Crippen LogP contribution in [-0.2, 0) is 0 Å². The van der Waals surface area contributed by atoms with Crippen LogP contribution in [0.4, 0.5) is 0 Å². The van der Waals surface area contributed by atoms with Gasteiger partial charge >= 0.3 is 0 Å². The van der Waals surface area contributed by atoms with Crippen molar-refractivity contribution in [1.29, 1.82) is 0 Å². The predicted molar refractivity (Wildman–Crippen MR) is 40.7 cm³/mol. The van der Waals surface area contributed by atoms with Gasteiger partial charge in [0.15, 0.2) is 0 Å². The Morgan fingerprint density at radius 2 is 2.20 bits per heavy atom. The monoisotopic (exact) mass is 144 g/mol. The van der Waals surface area contributed by atoms with Crippen molar-refractivity contribution in [2.24, 2.45) is 0 Å². The van der Waals surface area contributed by atoms with Crippen LogP contribution in [0.25, 0.3) is 0 Å². The van der Waals surface area contributed by atoms with Crippen LogP contribution in [0.15, 0.2) is 0 Å². The molecule has 0 aromatic heterocycles. The zero-order valence-corrected chi connectivity index (χ0v) is 6.90. The third-order valence-corrected chi connectivity index (χ3v) is 1.81. The van der Waals surface area contributed by atoms with Gasteiger partial charge in [0, 0.05) is 0 Å². The maximum Gasteiger partial charge on any atom is 0.0948 e. The summed E-state index contributed by atoms with van der Waals surface area (Å²) in [6.07, 6.45) is 0. The van der Waals surface area contributed by atoms with Crippen molar-refractivity contribution in [1.82, 2.24) is 5.32 Å². The largest absolute Gasteiger partial charge is 0.634 e. The number of nitrogens with one attached hydrogen (secondary N) is 2. The first-order valence-electron chi connectivity index (χ1n) is 3.79. The molecule has 1 heterocycles. The summed E-state index contributed by atoms with van der Waals surface area (Å²) < 4.78 is 0. The Balaban J connectivity index is 2.51. The lowest BCUT2D eigenvalue weighted by atomic mass is 10.0. The summed E-state index contributed by atoms with van der Waals surface area (Å²) in [6, 6.07) is 0.358. The van der Waals surface area contributed by atoms with Gasteiger partial charge < -0.3 is 10.3 Å². The topological polar surface area (TPSA) is 39.5 Å². The molecule has 2 N–H and O–H groups in total. The SMILES string of the molecule is CC1C[NH+]([O-])CC(C)(C)N1. The summed E-state index contributed by atoms with van der Waals surface area (Å²) in [5.41, 5.74) is 0.0226. The molecule has 0 bridgehead atoms. The molecule has 1 rings (SSSR count). The summed E-state index contributed by atoms with van der Waals surface area (Å²) >= 11 is 0. The van der Waals surface area contributed by atoms with E-state index in [1.54, 1.807) is 0 Å². The first kappa shape index (κ1) is 7.98. The van der Waals surface area contributed by atoms with Crippen LogP contribution in [0.1, 0.15) is 20.8 Å². The highest BCUT2D eigenvalue weighted by Crippen LogP contribution is 2.02. The third kappa shape index (κ3) is 1.94. The lowest BCUT2D eigenvalue weighted by Crippen LogP contribution is -3.13. The molecule has 60 valence electrons. The highest BCUT2D eigenvalue weighted by Gasteiger charge is 2.29. The second kappa shape index (κ2) is 2.49. The van der Waals surface area contributed by atoms with E-state index in [1.807, 2.05) is 0 Å². The van der Waals surface area contributed by atoms with E-state index >= 15 is 0 Å². The van der Waals surface area contributed by atoms with E-state index in [4.69, 9.17) is 0 Å². The van der Waals surface area contributed by atoms with Gasteiger partial charge in [-0.15, -0.1) is 0 Å². The number of rotatable bonds is 0. The lowest BCUT2D eigenvalue weighted by molar-refractivity contribution is -0.859. The minimum atomic E-state index is 0.0226. The molecule has 0 aromatic carbocycles. The number of hydrogen-bond acceptors (Lipinski definition) is 2. The fourth-order valence-electron chi connectivity index (χ4n) is 1.68. The van der Waals surface area contributed by atoms with E-state index in [2.05, 4.69) is 26.1 Å². The summed E-state index contributed by atoms with van der Waals surface area (Å²) in [5, 5.41) is 14.8. The fraction of sp³-hybridized carbons (Fsp3) is 1.00. The normalized spacial score (nSPS) is 39.6.